The first-order valence-corrected chi connectivity index (χ1v) is 10.2. The van der Waals surface area contributed by atoms with E-state index >= 15 is 0 Å². The van der Waals surface area contributed by atoms with Crippen molar-refractivity contribution in [1.29, 1.82) is 0 Å². The number of hydrogen-bond acceptors (Lipinski definition) is 7. The molecule has 0 bridgehead atoms. The van der Waals surface area contributed by atoms with Crippen molar-refractivity contribution >= 4 is 27.7 Å². The zero-order valence-electron chi connectivity index (χ0n) is 15.0. The summed E-state index contributed by atoms with van der Waals surface area (Å²) < 4.78 is 14.2. The maximum Gasteiger partial charge on any atom is 0.247 e. The van der Waals surface area contributed by atoms with Crippen LogP contribution in [0.15, 0.2) is 67.7 Å². The van der Waals surface area contributed by atoms with Gasteiger partial charge in [0.1, 0.15) is 5.76 Å². The molecule has 0 fully saturated rings. The fraction of sp³-hybridized carbons (Fsp3) is 0.158. The van der Waals surface area contributed by atoms with Crippen LogP contribution in [-0.2, 0) is 12.3 Å². The van der Waals surface area contributed by atoms with Crippen LogP contribution in [0, 0.1) is 6.92 Å². The summed E-state index contributed by atoms with van der Waals surface area (Å²) >= 11 is 4.90. The predicted octanol–water partition coefficient (Wildman–Crippen LogP) is 5.14. The molecule has 0 unspecified atom stereocenters. The molecule has 0 aliphatic heterocycles. The molecule has 4 aromatic rings. The fourth-order valence-electron chi connectivity index (χ4n) is 2.65. The highest BCUT2D eigenvalue weighted by Gasteiger charge is 2.18. The Morgan fingerprint density at radius 3 is 2.68 bits per heavy atom. The lowest BCUT2D eigenvalue weighted by Crippen LogP contribution is -2.00. The number of thioether (sulfide) groups is 1. The molecule has 0 N–H and O–H groups in total. The van der Waals surface area contributed by atoms with Crippen molar-refractivity contribution in [3.8, 4) is 22.8 Å². The average Bonchev–Trinajstić information content (AvgIpc) is 3.41. The summed E-state index contributed by atoms with van der Waals surface area (Å²) in [5, 5.41) is 17.6. The van der Waals surface area contributed by atoms with Crippen molar-refractivity contribution in [2.75, 3.05) is 0 Å². The molecule has 3 heterocycles. The first kappa shape index (κ1) is 18.7. The van der Waals surface area contributed by atoms with Crippen molar-refractivity contribution < 1.29 is 8.83 Å². The number of furan rings is 1. The Balaban J connectivity index is 1.52. The van der Waals surface area contributed by atoms with Gasteiger partial charge in [0.05, 0.1) is 17.6 Å². The second-order valence-corrected chi connectivity index (χ2v) is 7.75. The van der Waals surface area contributed by atoms with E-state index in [1.807, 2.05) is 47.9 Å². The van der Waals surface area contributed by atoms with Crippen molar-refractivity contribution in [3.05, 3.63) is 65.4 Å². The molecule has 4 rings (SSSR count). The molecule has 0 amide bonds. The Bertz CT molecular complexity index is 1100. The molecule has 0 radical (unpaired) electrons. The monoisotopic (exact) mass is 457 g/mol. The summed E-state index contributed by atoms with van der Waals surface area (Å²) in [5.41, 5.74) is 1.79. The van der Waals surface area contributed by atoms with E-state index in [1.165, 1.54) is 11.8 Å². The quantitative estimate of drug-likeness (QED) is 0.280. The Morgan fingerprint density at radius 2 is 1.96 bits per heavy atom. The van der Waals surface area contributed by atoms with Crippen LogP contribution in [0.3, 0.4) is 0 Å². The third-order valence-electron chi connectivity index (χ3n) is 4.01. The number of halogens is 1. The summed E-state index contributed by atoms with van der Waals surface area (Å²) in [5.74, 6) is 3.05. The Kier molecular flexibility index (Phi) is 5.45. The van der Waals surface area contributed by atoms with Gasteiger partial charge in [0, 0.05) is 16.6 Å². The molecule has 0 aliphatic rings. The first-order chi connectivity index (χ1) is 13.7. The SMILES string of the molecule is C=CCn1c(SCc2nnc(-c3ccc(Br)cc3)o2)nnc1-c1ccoc1C. The zero-order chi connectivity index (χ0) is 19.5. The summed E-state index contributed by atoms with van der Waals surface area (Å²) in [4.78, 5) is 0. The molecule has 0 saturated heterocycles. The molecule has 1 aromatic carbocycles. The molecule has 28 heavy (non-hydrogen) atoms. The molecule has 0 saturated carbocycles. The van der Waals surface area contributed by atoms with Crippen molar-refractivity contribution in [2.45, 2.75) is 24.4 Å². The minimum Gasteiger partial charge on any atom is -0.469 e. The summed E-state index contributed by atoms with van der Waals surface area (Å²) in [7, 11) is 0. The van der Waals surface area contributed by atoms with E-state index in [0.717, 1.165) is 32.3 Å². The summed E-state index contributed by atoms with van der Waals surface area (Å²) in [6, 6.07) is 9.61. The number of aryl methyl sites for hydroxylation is 1. The highest BCUT2D eigenvalue weighted by molar-refractivity contribution is 9.10. The fourth-order valence-corrected chi connectivity index (χ4v) is 3.70. The van der Waals surface area contributed by atoms with E-state index in [4.69, 9.17) is 8.83 Å². The molecule has 0 spiro atoms. The summed E-state index contributed by atoms with van der Waals surface area (Å²) in [6.07, 6.45) is 3.46. The van der Waals surface area contributed by atoms with Gasteiger partial charge in [-0.25, -0.2) is 0 Å². The van der Waals surface area contributed by atoms with Crippen LogP contribution < -0.4 is 0 Å². The standard InChI is InChI=1S/C19H16BrN5O2S/c1-3-9-25-17(15-8-10-26-12(15)2)22-24-19(25)28-11-16-21-23-18(27-16)13-4-6-14(20)7-5-13/h3-8,10H,1,9,11H2,2H3. The second-order valence-electron chi connectivity index (χ2n) is 5.89. The van der Waals surface area contributed by atoms with Crippen molar-refractivity contribution in [3.63, 3.8) is 0 Å². The van der Waals surface area contributed by atoms with Gasteiger partial charge >= 0.3 is 0 Å². The van der Waals surface area contributed by atoms with E-state index < -0.39 is 0 Å². The number of rotatable bonds is 7. The van der Waals surface area contributed by atoms with Crippen LogP contribution in [0.2, 0.25) is 0 Å². The van der Waals surface area contributed by atoms with Gasteiger partial charge < -0.3 is 8.83 Å². The number of nitrogens with zero attached hydrogens (tertiary/aromatic N) is 5. The Labute approximate surface area is 174 Å². The number of hydrogen-bond donors (Lipinski definition) is 0. The summed E-state index contributed by atoms with van der Waals surface area (Å²) in [6.45, 7) is 6.32. The van der Waals surface area contributed by atoms with Crippen LogP contribution >= 0.6 is 27.7 Å². The van der Waals surface area contributed by atoms with Gasteiger partial charge in [0.15, 0.2) is 11.0 Å². The van der Waals surface area contributed by atoms with Crippen LogP contribution in [0.4, 0.5) is 0 Å². The van der Waals surface area contributed by atoms with E-state index in [9.17, 15) is 0 Å². The number of aromatic nitrogens is 5. The lowest BCUT2D eigenvalue weighted by atomic mass is 10.2. The van der Waals surface area contributed by atoms with Gasteiger partial charge in [-0.05, 0) is 37.3 Å². The average molecular weight is 458 g/mol. The van der Waals surface area contributed by atoms with E-state index in [1.54, 1.807) is 6.26 Å². The maximum absolute atomic E-state index is 5.78. The molecule has 142 valence electrons. The lowest BCUT2D eigenvalue weighted by molar-refractivity contribution is 0.528. The van der Waals surface area contributed by atoms with Crippen LogP contribution in [0.5, 0.6) is 0 Å². The molecular weight excluding hydrogens is 442 g/mol. The first-order valence-electron chi connectivity index (χ1n) is 8.45. The molecule has 9 heteroatoms. The Hall–Kier alpha value is -2.65. The second kappa shape index (κ2) is 8.15. The third-order valence-corrected chi connectivity index (χ3v) is 5.49. The number of allylic oxidation sites excluding steroid dienone is 1. The van der Waals surface area contributed by atoms with Crippen LogP contribution in [0.1, 0.15) is 11.7 Å². The minimum atomic E-state index is 0.489. The van der Waals surface area contributed by atoms with Crippen molar-refractivity contribution in [1.82, 2.24) is 25.0 Å². The maximum atomic E-state index is 5.78. The molecule has 0 aliphatic carbocycles. The highest BCUT2D eigenvalue weighted by atomic mass is 79.9. The van der Waals surface area contributed by atoms with Gasteiger partial charge in [-0.2, -0.15) is 0 Å². The highest BCUT2D eigenvalue weighted by Crippen LogP contribution is 2.29. The topological polar surface area (TPSA) is 82.8 Å². The van der Waals surface area contributed by atoms with E-state index in [2.05, 4.69) is 42.9 Å². The van der Waals surface area contributed by atoms with Crippen LogP contribution in [-0.4, -0.2) is 25.0 Å². The van der Waals surface area contributed by atoms with Crippen molar-refractivity contribution in [2.24, 2.45) is 0 Å². The number of benzene rings is 1. The normalized spacial score (nSPS) is 11.1. The smallest absolute Gasteiger partial charge is 0.247 e. The minimum absolute atomic E-state index is 0.489. The van der Waals surface area contributed by atoms with Gasteiger partial charge in [0.2, 0.25) is 11.8 Å². The van der Waals surface area contributed by atoms with Gasteiger partial charge in [-0.1, -0.05) is 33.8 Å². The Morgan fingerprint density at radius 1 is 1.14 bits per heavy atom. The molecular formula is C19H16BrN5O2S. The van der Waals surface area contributed by atoms with Gasteiger partial charge in [0.25, 0.3) is 0 Å². The molecule has 0 atom stereocenters. The predicted molar refractivity (Wildman–Crippen MR) is 110 cm³/mol. The molecule has 7 nitrogen and oxygen atoms in total. The van der Waals surface area contributed by atoms with Gasteiger partial charge in [-0.15, -0.1) is 27.0 Å². The molecule has 3 aromatic heterocycles. The third kappa shape index (κ3) is 3.81. The van der Waals surface area contributed by atoms with Crippen LogP contribution in [0.25, 0.3) is 22.8 Å². The van der Waals surface area contributed by atoms with E-state index in [0.29, 0.717) is 24.1 Å². The van der Waals surface area contributed by atoms with E-state index in [-0.39, 0.29) is 0 Å². The largest absolute Gasteiger partial charge is 0.469 e. The lowest BCUT2D eigenvalue weighted by Gasteiger charge is -2.06. The van der Waals surface area contributed by atoms with Gasteiger partial charge in [-0.3, -0.25) is 4.57 Å². The zero-order valence-corrected chi connectivity index (χ0v) is 17.4.